The van der Waals surface area contributed by atoms with Gasteiger partial charge in [-0.3, -0.25) is 4.98 Å². The van der Waals surface area contributed by atoms with Crippen molar-refractivity contribution in [1.29, 1.82) is 5.26 Å². The number of hydrogen-bond donors (Lipinski definition) is 1. The van der Waals surface area contributed by atoms with Gasteiger partial charge in [0.05, 0.1) is 10.6 Å². The zero-order chi connectivity index (χ0) is 12.1. The molecule has 0 aliphatic rings. The van der Waals surface area contributed by atoms with E-state index in [2.05, 4.69) is 16.4 Å². The van der Waals surface area contributed by atoms with Crippen LogP contribution in [-0.4, -0.2) is 4.98 Å². The Morgan fingerprint density at radius 3 is 2.71 bits per heavy atom. The molecule has 1 aromatic carbocycles. The van der Waals surface area contributed by atoms with Crippen LogP contribution in [0.2, 0.25) is 5.02 Å². The summed E-state index contributed by atoms with van der Waals surface area (Å²) in [6.45, 7) is 0.690. The predicted molar refractivity (Wildman–Crippen MR) is 67.7 cm³/mol. The lowest BCUT2D eigenvalue weighted by Gasteiger charge is -2.07. The summed E-state index contributed by atoms with van der Waals surface area (Å²) < 4.78 is 0. The molecule has 0 atom stereocenters. The van der Waals surface area contributed by atoms with E-state index in [1.54, 1.807) is 24.5 Å². The van der Waals surface area contributed by atoms with Gasteiger partial charge < -0.3 is 5.32 Å². The third-order valence-corrected chi connectivity index (χ3v) is 2.66. The summed E-state index contributed by atoms with van der Waals surface area (Å²) in [6, 6.07) is 11.2. The van der Waals surface area contributed by atoms with E-state index >= 15 is 0 Å². The monoisotopic (exact) mass is 243 g/mol. The zero-order valence-corrected chi connectivity index (χ0v) is 9.78. The number of hydrogen-bond acceptors (Lipinski definition) is 3. The lowest BCUT2D eigenvalue weighted by molar-refractivity contribution is 1.13. The Morgan fingerprint density at radius 2 is 2.00 bits per heavy atom. The van der Waals surface area contributed by atoms with E-state index in [1.165, 1.54) is 0 Å². The SMILES string of the molecule is N#Cc1cc(NCc2ccncc2)ccc1Cl. The molecule has 0 aliphatic heterocycles. The highest BCUT2D eigenvalue weighted by molar-refractivity contribution is 6.31. The summed E-state index contributed by atoms with van der Waals surface area (Å²) in [6.07, 6.45) is 3.50. The largest absolute Gasteiger partial charge is 0.381 e. The van der Waals surface area contributed by atoms with Crippen LogP contribution in [0.4, 0.5) is 5.69 Å². The highest BCUT2D eigenvalue weighted by atomic mass is 35.5. The second-order valence-corrected chi connectivity index (χ2v) is 3.92. The molecule has 2 rings (SSSR count). The molecule has 4 heteroatoms. The van der Waals surface area contributed by atoms with Crippen LogP contribution in [0.1, 0.15) is 11.1 Å². The molecule has 1 N–H and O–H groups in total. The van der Waals surface area contributed by atoms with Gasteiger partial charge in [0.15, 0.2) is 0 Å². The lowest BCUT2D eigenvalue weighted by Crippen LogP contribution is -1.99. The highest BCUT2D eigenvalue weighted by Crippen LogP contribution is 2.20. The second-order valence-electron chi connectivity index (χ2n) is 3.52. The first kappa shape index (κ1) is 11.4. The Kier molecular flexibility index (Phi) is 3.59. The van der Waals surface area contributed by atoms with Crippen LogP contribution < -0.4 is 5.32 Å². The van der Waals surface area contributed by atoms with Gasteiger partial charge in [0.2, 0.25) is 0 Å². The number of rotatable bonds is 3. The van der Waals surface area contributed by atoms with Crippen LogP contribution in [0, 0.1) is 11.3 Å². The van der Waals surface area contributed by atoms with E-state index in [9.17, 15) is 0 Å². The molecule has 2 aromatic rings. The van der Waals surface area contributed by atoms with E-state index in [4.69, 9.17) is 16.9 Å². The maximum Gasteiger partial charge on any atom is 0.101 e. The Labute approximate surface area is 105 Å². The van der Waals surface area contributed by atoms with Crippen LogP contribution in [0.5, 0.6) is 0 Å². The van der Waals surface area contributed by atoms with Gasteiger partial charge in [-0.05, 0) is 35.9 Å². The Bertz CT molecular complexity index is 546. The summed E-state index contributed by atoms with van der Waals surface area (Å²) >= 11 is 5.85. The van der Waals surface area contributed by atoms with Crippen molar-refractivity contribution in [3.63, 3.8) is 0 Å². The van der Waals surface area contributed by atoms with Gasteiger partial charge in [-0.2, -0.15) is 5.26 Å². The molecule has 0 saturated heterocycles. The fourth-order valence-corrected chi connectivity index (χ4v) is 1.59. The first-order valence-corrected chi connectivity index (χ1v) is 5.50. The first-order valence-electron chi connectivity index (χ1n) is 5.12. The molecule has 0 radical (unpaired) electrons. The molecule has 0 aliphatic carbocycles. The standard InChI is InChI=1S/C13H10ClN3/c14-13-2-1-12(7-11(13)8-15)17-9-10-3-5-16-6-4-10/h1-7,17H,9H2. The fraction of sp³-hybridized carbons (Fsp3) is 0.0769. The van der Waals surface area contributed by atoms with Crippen molar-refractivity contribution in [2.24, 2.45) is 0 Å². The Balaban J connectivity index is 2.08. The van der Waals surface area contributed by atoms with Crippen molar-refractivity contribution < 1.29 is 0 Å². The molecule has 1 heterocycles. The van der Waals surface area contributed by atoms with E-state index in [0.717, 1.165) is 11.3 Å². The van der Waals surface area contributed by atoms with Crippen molar-refractivity contribution >= 4 is 17.3 Å². The van der Waals surface area contributed by atoms with Crippen molar-refractivity contribution in [2.75, 3.05) is 5.32 Å². The van der Waals surface area contributed by atoms with Crippen molar-refractivity contribution in [3.05, 3.63) is 58.9 Å². The van der Waals surface area contributed by atoms with Gasteiger partial charge in [0.25, 0.3) is 0 Å². The summed E-state index contributed by atoms with van der Waals surface area (Å²) in [4.78, 5) is 3.95. The number of halogens is 1. The average Bonchev–Trinajstić information content (AvgIpc) is 2.39. The quantitative estimate of drug-likeness (QED) is 0.901. The molecule has 0 spiro atoms. The number of anilines is 1. The van der Waals surface area contributed by atoms with Crippen LogP contribution in [0.15, 0.2) is 42.7 Å². The van der Waals surface area contributed by atoms with Crippen molar-refractivity contribution in [2.45, 2.75) is 6.54 Å². The highest BCUT2D eigenvalue weighted by Gasteiger charge is 2.00. The van der Waals surface area contributed by atoms with Crippen LogP contribution in [0.25, 0.3) is 0 Å². The summed E-state index contributed by atoms with van der Waals surface area (Å²) in [5, 5.41) is 12.6. The topological polar surface area (TPSA) is 48.7 Å². The molecule has 84 valence electrons. The van der Waals surface area contributed by atoms with Crippen molar-refractivity contribution in [1.82, 2.24) is 4.98 Å². The lowest BCUT2D eigenvalue weighted by atomic mass is 10.2. The maximum atomic E-state index is 8.86. The molecular formula is C13H10ClN3. The molecular weight excluding hydrogens is 234 g/mol. The number of nitrogens with zero attached hydrogens (tertiary/aromatic N) is 2. The number of nitrogens with one attached hydrogen (secondary N) is 1. The number of nitriles is 1. The third kappa shape index (κ3) is 2.96. The van der Waals surface area contributed by atoms with Gasteiger partial charge in [-0.1, -0.05) is 11.6 Å². The van der Waals surface area contributed by atoms with Crippen LogP contribution >= 0.6 is 11.6 Å². The van der Waals surface area contributed by atoms with Gasteiger partial charge >= 0.3 is 0 Å². The molecule has 0 saturated carbocycles. The van der Waals surface area contributed by atoms with E-state index in [-0.39, 0.29) is 0 Å². The molecule has 0 unspecified atom stereocenters. The molecule has 1 aromatic heterocycles. The average molecular weight is 244 g/mol. The smallest absolute Gasteiger partial charge is 0.101 e. The molecule has 3 nitrogen and oxygen atoms in total. The van der Waals surface area contributed by atoms with Gasteiger partial charge in [-0.15, -0.1) is 0 Å². The fourth-order valence-electron chi connectivity index (χ4n) is 1.43. The molecule has 17 heavy (non-hydrogen) atoms. The van der Waals surface area contributed by atoms with Gasteiger partial charge in [0, 0.05) is 24.6 Å². The second kappa shape index (κ2) is 5.33. The summed E-state index contributed by atoms with van der Waals surface area (Å²) in [7, 11) is 0. The molecule has 0 fully saturated rings. The summed E-state index contributed by atoms with van der Waals surface area (Å²) in [5.41, 5.74) is 2.49. The Morgan fingerprint density at radius 1 is 1.24 bits per heavy atom. The number of benzene rings is 1. The van der Waals surface area contributed by atoms with Crippen LogP contribution in [0.3, 0.4) is 0 Å². The summed E-state index contributed by atoms with van der Waals surface area (Å²) in [5.74, 6) is 0. The predicted octanol–water partition coefficient (Wildman–Crippen LogP) is 3.22. The minimum Gasteiger partial charge on any atom is -0.381 e. The Hall–Kier alpha value is -2.05. The maximum absolute atomic E-state index is 8.86. The minimum atomic E-state index is 0.474. The van der Waals surface area contributed by atoms with E-state index in [1.807, 2.05) is 18.2 Å². The minimum absolute atomic E-state index is 0.474. The molecule has 0 bridgehead atoms. The molecule has 0 amide bonds. The van der Waals surface area contributed by atoms with E-state index in [0.29, 0.717) is 17.1 Å². The van der Waals surface area contributed by atoms with E-state index < -0.39 is 0 Å². The van der Waals surface area contributed by atoms with Crippen LogP contribution in [-0.2, 0) is 6.54 Å². The first-order chi connectivity index (χ1) is 8.29. The van der Waals surface area contributed by atoms with Gasteiger partial charge in [0.1, 0.15) is 6.07 Å². The zero-order valence-electron chi connectivity index (χ0n) is 9.02. The number of aromatic nitrogens is 1. The van der Waals surface area contributed by atoms with Gasteiger partial charge in [-0.25, -0.2) is 0 Å². The van der Waals surface area contributed by atoms with Crippen molar-refractivity contribution in [3.8, 4) is 6.07 Å². The number of pyridine rings is 1. The normalized spacial score (nSPS) is 9.65. The third-order valence-electron chi connectivity index (χ3n) is 2.33.